The van der Waals surface area contributed by atoms with Crippen LogP contribution in [0.1, 0.15) is 17.3 Å². The summed E-state index contributed by atoms with van der Waals surface area (Å²) in [5.41, 5.74) is 0.373. The summed E-state index contributed by atoms with van der Waals surface area (Å²) in [5.74, 6) is -0.777. The van der Waals surface area contributed by atoms with E-state index in [1.165, 1.54) is 24.3 Å². The van der Waals surface area contributed by atoms with Crippen molar-refractivity contribution in [3.63, 3.8) is 0 Å². The highest BCUT2D eigenvalue weighted by molar-refractivity contribution is 5.89. The molecule has 0 N–H and O–H groups in total. The van der Waals surface area contributed by atoms with E-state index in [4.69, 9.17) is 4.74 Å². The van der Waals surface area contributed by atoms with Crippen LogP contribution in [0.3, 0.4) is 0 Å². The molecule has 0 aliphatic rings. The second-order valence-electron chi connectivity index (χ2n) is 2.23. The first-order valence-corrected chi connectivity index (χ1v) is 3.66. The molecule has 0 spiro atoms. The van der Waals surface area contributed by atoms with Crippen molar-refractivity contribution < 1.29 is 13.9 Å². The lowest BCUT2D eigenvalue weighted by atomic mass is 10.2. The van der Waals surface area contributed by atoms with Crippen LogP contribution >= 0.6 is 12.4 Å². The summed E-state index contributed by atoms with van der Waals surface area (Å²) in [4.78, 5) is 11.0. The minimum absolute atomic E-state index is 0. The monoisotopic (exact) mass is 204 g/mol. The Bertz CT molecular complexity index is 271. The van der Waals surface area contributed by atoms with Gasteiger partial charge in [-0.25, -0.2) is 9.18 Å². The molecule has 1 aromatic rings. The molecule has 0 atom stereocenters. The molecular weight excluding hydrogens is 195 g/mol. The summed E-state index contributed by atoms with van der Waals surface area (Å²) in [6.07, 6.45) is 0. The molecule has 0 amide bonds. The summed E-state index contributed by atoms with van der Waals surface area (Å²) in [6.45, 7) is 2.05. The maximum absolute atomic E-state index is 12.4. The minimum Gasteiger partial charge on any atom is -0.462 e. The summed E-state index contributed by atoms with van der Waals surface area (Å²) < 4.78 is 17.1. The number of esters is 1. The van der Waals surface area contributed by atoms with Crippen molar-refractivity contribution in [3.8, 4) is 0 Å². The Morgan fingerprint density at radius 3 is 2.38 bits per heavy atom. The first kappa shape index (κ1) is 11.9. The lowest BCUT2D eigenvalue weighted by molar-refractivity contribution is 0.0526. The zero-order chi connectivity index (χ0) is 8.97. The third-order valence-corrected chi connectivity index (χ3v) is 1.36. The van der Waals surface area contributed by atoms with Gasteiger partial charge in [-0.3, -0.25) is 0 Å². The van der Waals surface area contributed by atoms with Gasteiger partial charge in [-0.1, -0.05) is 0 Å². The Hall–Kier alpha value is -1.09. The quantitative estimate of drug-likeness (QED) is 0.692. The van der Waals surface area contributed by atoms with Crippen LogP contribution in [-0.2, 0) is 4.74 Å². The van der Waals surface area contributed by atoms with Crippen LogP contribution in [0.4, 0.5) is 4.39 Å². The number of rotatable bonds is 2. The average molecular weight is 205 g/mol. The highest BCUT2D eigenvalue weighted by Crippen LogP contribution is 2.03. The van der Waals surface area contributed by atoms with Gasteiger partial charge in [-0.15, -0.1) is 12.4 Å². The Morgan fingerprint density at radius 1 is 1.38 bits per heavy atom. The topological polar surface area (TPSA) is 26.3 Å². The van der Waals surface area contributed by atoms with E-state index in [1.807, 2.05) is 0 Å². The van der Waals surface area contributed by atoms with E-state index in [-0.39, 0.29) is 18.2 Å². The van der Waals surface area contributed by atoms with Crippen molar-refractivity contribution in [2.24, 2.45) is 0 Å². The molecule has 0 fully saturated rings. The van der Waals surface area contributed by atoms with Gasteiger partial charge in [-0.05, 0) is 31.2 Å². The predicted octanol–water partition coefficient (Wildman–Crippen LogP) is 2.42. The van der Waals surface area contributed by atoms with Gasteiger partial charge in [0.15, 0.2) is 0 Å². The average Bonchev–Trinajstić information content (AvgIpc) is 2.06. The lowest BCUT2D eigenvalue weighted by Gasteiger charge is -1.99. The number of ether oxygens (including phenoxy) is 1. The first-order chi connectivity index (χ1) is 5.74. The molecule has 72 valence electrons. The molecule has 13 heavy (non-hydrogen) atoms. The highest BCUT2D eigenvalue weighted by atomic mass is 35.5. The normalized spacial score (nSPS) is 8.77. The first-order valence-electron chi connectivity index (χ1n) is 3.66. The largest absolute Gasteiger partial charge is 0.462 e. The number of hydrogen-bond donors (Lipinski definition) is 0. The molecule has 4 heteroatoms. The third-order valence-electron chi connectivity index (χ3n) is 1.36. The third kappa shape index (κ3) is 3.42. The zero-order valence-electron chi connectivity index (χ0n) is 7.12. The maximum atomic E-state index is 12.4. The Labute approximate surface area is 82.1 Å². The van der Waals surface area contributed by atoms with Crippen molar-refractivity contribution in [1.29, 1.82) is 0 Å². The molecule has 0 saturated carbocycles. The van der Waals surface area contributed by atoms with Gasteiger partial charge in [-0.2, -0.15) is 0 Å². The van der Waals surface area contributed by atoms with Crippen molar-refractivity contribution >= 4 is 18.4 Å². The number of carbonyl (C=O) groups is 1. The van der Waals surface area contributed by atoms with E-state index in [2.05, 4.69) is 0 Å². The van der Waals surface area contributed by atoms with Gasteiger partial charge in [0.25, 0.3) is 0 Å². The van der Waals surface area contributed by atoms with E-state index in [0.717, 1.165) is 0 Å². The van der Waals surface area contributed by atoms with Crippen LogP contribution in [0.2, 0.25) is 0 Å². The molecule has 0 aromatic heterocycles. The molecule has 0 saturated heterocycles. The van der Waals surface area contributed by atoms with Crippen LogP contribution in [0.15, 0.2) is 24.3 Å². The number of hydrogen-bond acceptors (Lipinski definition) is 2. The molecule has 2 nitrogen and oxygen atoms in total. The van der Waals surface area contributed by atoms with Crippen molar-refractivity contribution in [1.82, 2.24) is 0 Å². The number of carbonyl (C=O) groups excluding carboxylic acids is 1. The second-order valence-corrected chi connectivity index (χ2v) is 2.23. The van der Waals surface area contributed by atoms with Crippen molar-refractivity contribution in [2.45, 2.75) is 6.92 Å². The summed E-state index contributed by atoms with van der Waals surface area (Å²) in [7, 11) is 0. The Balaban J connectivity index is 0.00000144. The number of halogens is 2. The van der Waals surface area contributed by atoms with E-state index in [9.17, 15) is 9.18 Å². The highest BCUT2D eigenvalue weighted by Gasteiger charge is 2.04. The van der Waals surface area contributed by atoms with Crippen LogP contribution in [0, 0.1) is 5.82 Å². The molecule has 0 heterocycles. The van der Waals surface area contributed by atoms with E-state index in [1.54, 1.807) is 6.92 Å². The molecule has 0 aliphatic carbocycles. The lowest BCUT2D eigenvalue weighted by Crippen LogP contribution is -2.03. The molecule has 1 rings (SSSR count). The van der Waals surface area contributed by atoms with Gasteiger partial charge in [0.05, 0.1) is 12.2 Å². The van der Waals surface area contributed by atoms with E-state index < -0.39 is 5.97 Å². The van der Waals surface area contributed by atoms with Crippen molar-refractivity contribution in [3.05, 3.63) is 35.6 Å². The summed E-state index contributed by atoms with van der Waals surface area (Å²) >= 11 is 0. The second kappa shape index (κ2) is 5.54. The number of benzene rings is 1. The molecule has 0 bridgehead atoms. The zero-order valence-corrected chi connectivity index (χ0v) is 7.94. The van der Waals surface area contributed by atoms with Gasteiger partial charge < -0.3 is 4.74 Å². The molecular formula is C9H10ClFO2. The van der Waals surface area contributed by atoms with Gasteiger partial charge in [0, 0.05) is 0 Å². The van der Waals surface area contributed by atoms with Crippen LogP contribution in [0.5, 0.6) is 0 Å². The predicted molar refractivity (Wildman–Crippen MR) is 49.6 cm³/mol. The van der Waals surface area contributed by atoms with Gasteiger partial charge >= 0.3 is 5.97 Å². The van der Waals surface area contributed by atoms with Gasteiger partial charge in [0.2, 0.25) is 0 Å². The van der Waals surface area contributed by atoms with E-state index in [0.29, 0.717) is 12.2 Å². The summed E-state index contributed by atoms with van der Waals surface area (Å²) in [5, 5.41) is 0. The SMILES string of the molecule is CCOC(=O)c1ccc(F)cc1.Cl. The smallest absolute Gasteiger partial charge is 0.338 e. The fourth-order valence-corrected chi connectivity index (χ4v) is 0.800. The molecule has 0 aliphatic heterocycles. The van der Waals surface area contributed by atoms with E-state index >= 15 is 0 Å². The van der Waals surface area contributed by atoms with Crippen LogP contribution in [0.25, 0.3) is 0 Å². The molecule has 0 radical (unpaired) electrons. The van der Waals surface area contributed by atoms with Gasteiger partial charge in [0.1, 0.15) is 5.82 Å². The Kier molecular flexibility index (Phi) is 5.07. The molecule has 1 aromatic carbocycles. The molecule has 0 unspecified atom stereocenters. The maximum Gasteiger partial charge on any atom is 0.338 e. The summed E-state index contributed by atoms with van der Waals surface area (Å²) in [6, 6.07) is 5.25. The fraction of sp³-hybridized carbons (Fsp3) is 0.222. The Morgan fingerprint density at radius 2 is 1.92 bits per heavy atom. The van der Waals surface area contributed by atoms with Crippen molar-refractivity contribution in [2.75, 3.05) is 6.61 Å². The van der Waals surface area contributed by atoms with Crippen LogP contribution < -0.4 is 0 Å². The van der Waals surface area contributed by atoms with Crippen LogP contribution in [-0.4, -0.2) is 12.6 Å². The standard InChI is InChI=1S/C9H9FO2.ClH/c1-2-12-9(11)7-3-5-8(10)6-4-7;/h3-6H,2H2,1H3;1H. The minimum atomic E-state index is -0.419. The fourth-order valence-electron chi connectivity index (χ4n) is 0.800.